The number of amides is 2. The van der Waals surface area contributed by atoms with Gasteiger partial charge < -0.3 is 14.5 Å². The topological polar surface area (TPSA) is 53.1 Å². The second kappa shape index (κ2) is 8.82. The Morgan fingerprint density at radius 2 is 1.86 bits per heavy atom. The van der Waals surface area contributed by atoms with Crippen LogP contribution in [0.1, 0.15) is 53.4 Å². The van der Waals surface area contributed by atoms with Crippen molar-refractivity contribution in [3.63, 3.8) is 0 Å². The van der Waals surface area contributed by atoms with E-state index in [0.29, 0.717) is 25.7 Å². The van der Waals surface area contributed by atoms with Crippen LogP contribution < -0.4 is 0 Å². The van der Waals surface area contributed by atoms with Crippen LogP contribution in [0.25, 0.3) is 0 Å². The number of fused-ring (bicyclic) bond motifs is 1. The third kappa shape index (κ3) is 4.06. The number of hydrogen-bond donors (Lipinski definition) is 0. The Bertz CT molecular complexity index is 712. The summed E-state index contributed by atoms with van der Waals surface area (Å²) in [6.45, 7) is 7.07. The molecule has 2 amide bonds. The Morgan fingerprint density at radius 3 is 2.64 bits per heavy atom. The lowest BCUT2D eigenvalue weighted by atomic mass is 9.94. The first-order valence-corrected chi connectivity index (χ1v) is 11.6. The van der Waals surface area contributed by atoms with Gasteiger partial charge in [-0.2, -0.15) is 0 Å². The largest absolute Gasteiger partial charge is 0.450 e. The van der Waals surface area contributed by atoms with Crippen LogP contribution in [0, 0.1) is 0 Å². The van der Waals surface area contributed by atoms with Gasteiger partial charge in [0.1, 0.15) is 0 Å². The lowest BCUT2D eigenvalue weighted by Crippen LogP contribution is -2.56. The Morgan fingerprint density at radius 1 is 1.07 bits per heavy atom. The highest BCUT2D eigenvalue weighted by Crippen LogP contribution is 2.31. The van der Waals surface area contributed by atoms with Crippen LogP contribution in [0.15, 0.2) is 5.38 Å². The van der Waals surface area contributed by atoms with Gasteiger partial charge in [0, 0.05) is 55.6 Å². The third-order valence-corrected chi connectivity index (χ3v) is 7.42. The average Bonchev–Trinajstić information content (AvgIpc) is 3.18. The normalized spacial score (nSPS) is 23.4. The van der Waals surface area contributed by atoms with Crippen LogP contribution in [0.3, 0.4) is 0 Å². The molecule has 1 unspecified atom stereocenters. The first-order chi connectivity index (χ1) is 13.7. The summed E-state index contributed by atoms with van der Waals surface area (Å²) >= 11 is 1.77. The number of likely N-dealkylation sites (tertiary alicyclic amines) is 1. The van der Waals surface area contributed by atoms with Gasteiger partial charge in [0.15, 0.2) is 0 Å². The average molecular weight is 406 g/mol. The van der Waals surface area contributed by atoms with Gasteiger partial charge in [-0.3, -0.25) is 9.69 Å². The van der Waals surface area contributed by atoms with E-state index in [1.807, 2.05) is 6.92 Å². The molecule has 0 aromatic carbocycles. The summed E-state index contributed by atoms with van der Waals surface area (Å²) in [5, 5.41) is 2.10. The van der Waals surface area contributed by atoms with E-state index in [1.54, 1.807) is 16.2 Å². The highest BCUT2D eigenvalue weighted by Gasteiger charge is 2.32. The van der Waals surface area contributed by atoms with Crippen LogP contribution >= 0.6 is 11.3 Å². The lowest BCUT2D eigenvalue weighted by molar-refractivity contribution is 0.0377. The predicted octanol–water partition coefficient (Wildman–Crippen LogP) is 3.01. The van der Waals surface area contributed by atoms with Crippen LogP contribution in [0.5, 0.6) is 0 Å². The maximum Gasteiger partial charge on any atom is 0.409 e. The van der Waals surface area contributed by atoms with Crippen molar-refractivity contribution < 1.29 is 14.3 Å². The van der Waals surface area contributed by atoms with Gasteiger partial charge in [-0.25, -0.2) is 4.79 Å². The SMILES string of the molecule is CCOC(=O)N1CCN(C2CCCN(C(=O)c3csc4c3CCCC4)C2)CC1. The summed E-state index contributed by atoms with van der Waals surface area (Å²) in [4.78, 5) is 32.9. The first-order valence-electron chi connectivity index (χ1n) is 10.7. The number of nitrogens with zero attached hydrogens (tertiary/aromatic N) is 3. The molecule has 0 saturated carbocycles. The molecule has 3 heterocycles. The van der Waals surface area contributed by atoms with Crippen molar-refractivity contribution >= 4 is 23.3 Å². The van der Waals surface area contributed by atoms with Crippen LogP contribution in [0.4, 0.5) is 4.79 Å². The monoisotopic (exact) mass is 405 g/mol. The standard InChI is InChI=1S/C21H31N3O3S/c1-2-27-21(26)23-12-10-22(11-13-23)16-6-5-9-24(14-16)20(25)18-15-28-19-8-4-3-7-17(18)19/h15-16H,2-14H2,1H3. The number of aryl methyl sites for hydroxylation is 1. The number of carbonyl (C=O) groups is 2. The fraction of sp³-hybridized carbons (Fsp3) is 0.714. The molecule has 154 valence electrons. The number of piperidine rings is 1. The van der Waals surface area contributed by atoms with Gasteiger partial charge in [-0.15, -0.1) is 11.3 Å². The molecule has 2 saturated heterocycles. The van der Waals surface area contributed by atoms with Crippen molar-refractivity contribution in [1.82, 2.24) is 14.7 Å². The van der Waals surface area contributed by atoms with Crippen molar-refractivity contribution in [3.8, 4) is 0 Å². The van der Waals surface area contributed by atoms with Crippen molar-refractivity contribution in [2.45, 2.75) is 51.5 Å². The van der Waals surface area contributed by atoms with Gasteiger partial charge in [0.2, 0.25) is 0 Å². The molecule has 3 aliphatic rings. The quantitative estimate of drug-likeness (QED) is 0.776. The summed E-state index contributed by atoms with van der Waals surface area (Å²) in [5.41, 5.74) is 2.29. The second-order valence-electron chi connectivity index (χ2n) is 8.03. The van der Waals surface area contributed by atoms with Crippen molar-refractivity contribution in [1.29, 1.82) is 0 Å². The minimum Gasteiger partial charge on any atom is -0.450 e. The first kappa shape index (κ1) is 19.7. The molecule has 1 aliphatic carbocycles. The van der Waals surface area contributed by atoms with E-state index in [-0.39, 0.29) is 12.0 Å². The Labute approximate surface area is 171 Å². The molecular formula is C21H31N3O3S. The van der Waals surface area contributed by atoms with Gasteiger partial charge in [0.05, 0.1) is 12.2 Å². The zero-order valence-corrected chi connectivity index (χ0v) is 17.6. The second-order valence-corrected chi connectivity index (χ2v) is 8.99. The van der Waals surface area contributed by atoms with E-state index < -0.39 is 0 Å². The van der Waals surface area contributed by atoms with Gasteiger partial charge in [-0.1, -0.05) is 0 Å². The molecule has 1 aromatic heterocycles. The maximum atomic E-state index is 13.2. The van der Waals surface area contributed by atoms with Crippen LogP contribution in [-0.4, -0.2) is 78.6 Å². The molecule has 7 heteroatoms. The summed E-state index contributed by atoms with van der Waals surface area (Å²) in [6.07, 6.45) is 6.64. The molecule has 2 fully saturated rings. The lowest BCUT2D eigenvalue weighted by Gasteiger charge is -2.43. The molecule has 6 nitrogen and oxygen atoms in total. The minimum atomic E-state index is -0.204. The third-order valence-electron chi connectivity index (χ3n) is 6.33. The van der Waals surface area contributed by atoms with Crippen molar-refractivity contribution in [2.24, 2.45) is 0 Å². The summed E-state index contributed by atoms with van der Waals surface area (Å²) < 4.78 is 5.11. The summed E-state index contributed by atoms with van der Waals surface area (Å²) in [5.74, 6) is 0.231. The zero-order chi connectivity index (χ0) is 19.5. The fourth-order valence-electron chi connectivity index (χ4n) is 4.77. The molecule has 0 N–H and O–H groups in total. The molecule has 0 spiro atoms. The highest BCUT2D eigenvalue weighted by atomic mass is 32.1. The number of hydrogen-bond acceptors (Lipinski definition) is 5. The van der Waals surface area contributed by atoms with Crippen molar-refractivity contribution in [3.05, 3.63) is 21.4 Å². The van der Waals surface area contributed by atoms with E-state index in [0.717, 1.165) is 57.4 Å². The fourth-order valence-corrected chi connectivity index (χ4v) is 5.88. The number of carbonyl (C=O) groups excluding carboxylic acids is 2. The highest BCUT2D eigenvalue weighted by molar-refractivity contribution is 7.10. The smallest absolute Gasteiger partial charge is 0.409 e. The van der Waals surface area contributed by atoms with E-state index in [9.17, 15) is 9.59 Å². The summed E-state index contributed by atoms with van der Waals surface area (Å²) in [7, 11) is 0. The molecule has 0 bridgehead atoms. The Hall–Kier alpha value is -1.60. The zero-order valence-electron chi connectivity index (χ0n) is 16.8. The molecule has 4 rings (SSSR count). The molecule has 0 radical (unpaired) electrons. The minimum absolute atomic E-state index is 0.204. The van der Waals surface area contributed by atoms with Crippen LogP contribution in [-0.2, 0) is 17.6 Å². The summed E-state index contributed by atoms with van der Waals surface area (Å²) in [6, 6.07) is 0.400. The molecule has 1 atom stereocenters. The number of thiophene rings is 1. The maximum absolute atomic E-state index is 13.2. The number of piperazine rings is 1. The van der Waals surface area contributed by atoms with Gasteiger partial charge in [-0.05, 0) is 51.0 Å². The van der Waals surface area contributed by atoms with Crippen LogP contribution in [0.2, 0.25) is 0 Å². The van der Waals surface area contributed by atoms with E-state index in [2.05, 4.69) is 15.2 Å². The molecule has 1 aromatic rings. The predicted molar refractivity (Wildman–Crippen MR) is 110 cm³/mol. The van der Waals surface area contributed by atoms with E-state index in [1.165, 1.54) is 23.3 Å². The van der Waals surface area contributed by atoms with E-state index in [4.69, 9.17) is 4.74 Å². The molecule has 28 heavy (non-hydrogen) atoms. The van der Waals surface area contributed by atoms with Gasteiger partial charge in [0.25, 0.3) is 5.91 Å². The number of rotatable bonds is 3. The van der Waals surface area contributed by atoms with Gasteiger partial charge >= 0.3 is 6.09 Å². The molecule has 2 aliphatic heterocycles. The van der Waals surface area contributed by atoms with Crippen molar-refractivity contribution in [2.75, 3.05) is 45.9 Å². The number of ether oxygens (including phenoxy) is 1. The van der Waals surface area contributed by atoms with E-state index >= 15 is 0 Å². The Kier molecular flexibility index (Phi) is 6.21. The Balaban J connectivity index is 1.35. The molecular weight excluding hydrogens is 374 g/mol.